The Bertz CT molecular complexity index is 1270. The lowest BCUT2D eigenvalue weighted by molar-refractivity contribution is 0.0680. The number of halogens is 1. The zero-order valence-electron chi connectivity index (χ0n) is 16.8. The van der Waals surface area contributed by atoms with Gasteiger partial charge < -0.3 is 14.6 Å². The summed E-state index contributed by atoms with van der Waals surface area (Å²) in [6.45, 7) is 0.835. The topological polar surface area (TPSA) is 75.3 Å². The number of thiophene rings is 1. The lowest BCUT2D eigenvalue weighted by Gasteiger charge is -2.21. The Balaban J connectivity index is 1.60. The summed E-state index contributed by atoms with van der Waals surface area (Å²) in [5.74, 6) is -0.0890. The van der Waals surface area contributed by atoms with Crippen molar-refractivity contribution in [1.29, 1.82) is 0 Å². The molecule has 1 N–H and O–H groups in total. The van der Waals surface area contributed by atoms with Gasteiger partial charge in [-0.1, -0.05) is 24.3 Å². The predicted molar refractivity (Wildman–Crippen MR) is 119 cm³/mol. The van der Waals surface area contributed by atoms with Crippen LogP contribution in [-0.2, 0) is 11.3 Å². The van der Waals surface area contributed by atoms with Crippen LogP contribution in [0.5, 0.6) is 0 Å². The van der Waals surface area contributed by atoms with E-state index in [1.165, 1.54) is 23.5 Å². The maximum Gasteiger partial charge on any atom is 0.264 e. The van der Waals surface area contributed by atoms with Crippen molar-refractivity contribution in [3.05, 3.63) is 87.5 Å². The Morgan fingerprint density at radius 3 is 2.68 bits per heavy atom. The summed E-state index contributed by atoms with van der Waals surface area (Å²) in [6.07, 6.45) is 0. The van der Waals surface area contributed by atoms with Crippen LogP contribution in [0, 0.1) is 5.82 Å². The number of H-pyrrole nitrogens is 1. The number of aromatic nitrogens is 2. The second-order valence-corrected chi connectivity index (χ2v) is 8.00. The highest BCUT2D eigenvalue weighted by Crippen LogP contribution is 2.29. The third kappa shape index (κ3) is 4.70. The van der Waals surface area contributed by atoms with Crippen LogP contribution in [0.3, 0.4) is 0 Å². The summed E-state index contributed by atoms with van der Waals surface area (Å²) in [5.41, 5.74) is 1.18. The summed E-state index contributed by atoms with van der Waals surface area (Å²) in [5, 5.41) is 0.503. The first kappa shape index (κ1) is 20.9. The second-order valence-electron chi connectivity index (χ2n) is 6.92. The van der Waals surface area contributed by atoms with Gasteiger partial charge in [-0.25, -0.2) is 9.37 Å². The van der Waals surface area contributed by atoms with Crippen LogP contribution >= 0.6 is 11.3 Å². The Morgan fingerprint density at radius 2 is 1.90 bits per heavy atom. The van der Waals surface area contributed by atoms with Crippen LogP contribution in [-0.4, -0.2) is 41.0 Å². The first-order valence-corrected chi connectivity index (χ1v) is 10.5. The van der Waals surface area contributed by atoms with Crippen LogP contribution in [0.1, 0.15) is 15.5 Å². The SMILES string of the molecule is COCCN(Cc1nc2ccccc2c(=O)[nH]1)C(=O)c1ccc(-c2ccc(F)cc2)s1. The number of hydrogen-bond donors (Lipinski definition) is 1. The van der Waals surface area contributed by atoms with E-state index in [-0.39, 0.29) is 23.8 Å². The molecule has 31 heavy (non-hydrogen) atoms. The van der Waals surface area contributed by atoms with Gasteiger partial charge in [0.25, 0.3) is 11.5 Å². The van der Waals surface area contributed by atoms with Crippen LogP contribution in [0.25, 0.3) is 21.3 Å². The quantitative estimate of drug-likeness (QED) is 0.473. The zero-order valence-corrected chi connectivity index (χ0v) is 17.6. The molecule has 2 aromatic carbocycles. The number of benzene rings is 2. The van der Waals surface area contributed by atoms with E-state index < -0.39 is 0 Å². The number of carbonyl (C=O) groups is 1. The lowest BCUT2D eigenvalue weighted by Crippen LogP contribution is -2.34. The van der Waals surface area contributed by atoms with Crippen molar-refractivity contribution in [2.75, 3.05) is 20.3 Å². The van der Waals surface area contributed by atoms with E-state index in [0.717, 1.165) is 10.4 Å². The molecule has 0 saturated carbocycles. The highest BCUT2D eigenvalue weighted by Gasteiger charge is 2.20. The van der Waals surface area contributed by atoms with Crippen LogP contribution in [0.2, 0.25) is 0 Å². The zero-order chi connectivity index (χ0) is 21.8. The molecule has 4 aromatic rings. The van der Waals surface area contributed by atoms with Gasteiger partial charge in [0, 0.05) is 18.5 Å². The molecule has 1 amide bonds. The molecule has 2 heterocycles. The molecule has 0 atom stereocenters. The number of amides is 1. The number of nitrogens with zero attached hydrogens (tertiary/aromatic N) is 2. The lowest BCUT2D eigenvalue weighted by atomic mass is 10.2. The Labute approximate surface area is 181 Å². The molecule has 6 nitrogen and oxygen atoms in total. The summed E-state index contributed by atoms with van der Waals surface area (Å²) < 4.78 is 18.3. The van der Waals surface area contributed by atoms with Crippen molar-refractivity contribution in [2.24, 2.45) is 0 Å². The molecule has 8 heteroatoms. The van der Waals surface area contributed by atoms with E-state index in [2.05, 4.69) is 9.97 Å². The number of hydrogen-bond acceptors (Lipinski definition) is 5. The first-order valence-electron chi connectivity index (χ1n) is 9.67. The van der Waals surface area contributed by atoms with E-state index >= 15 is 0 Å². The van der Waals surface area contributed by atoms with Crippen molar-refractivity contribution in [2.45, 2.75) is 6.54 Å². The summed E-state index contributed by atoms with van der Waals surface area (Å²) in [6, 6.07) is 16.8. The normalized spacial score (nSPS) is 11.0. The fourth-order valence-corrected chi connectivity index (χ4v) is 4.20. The molecule has 0 fully saturated rings. The maximum atomic E-state index is 13.2. The number of carbonyl (C=O) groups excluding carboxylic acids is 1. The monoisotopic (exact) mass is 437 g/mol. The minimum atomic E-state index is -0.306. The molecule has 0 bridgehead atoms. The number of nitrogens with one attached hydrogen (secondary N) is 1. The molecule has 0 radical (unpaired) electrons. The Kier molecular flexibility index (Phi) is 6.20. The van der Waals surface area contributed by atoms with Gasteiger partial charge in [-0.05, 0) is 42.0 Å². The highest BCUT2D eigenvalue weighted by atomic mass is 32.1. The summed E-state index contributed by atoms with van der Waals surface area (Å²) in [7, 11) is 1.57. The van der Waals surface area contributed by atoms with Crippen molar-refractivity contribution in [3.8, 4) is 10.4 Å². The molecule has 0 saturated heterocycles. The predicted octanol–water partition coefficient (Wildman–Crippen LogP) is 4.08. The highest BCUT2D eigenvalue weighted by molar-refractivity contribution is 7.17. The molecule has 0 unspecified atom stereocenters. The smallest absolute Gasteiger partial charge is 0.264 e. The van der Waals surface area contributed by atoms with E-state index in [1.807, 2.05) is 12.1 Å². The van der Waals surface area contributed by atoms with E-state index in [1.54, 1.807) is 48.4 Å². The number of ether oxygens (including phenoxy) is 1. The molecule has 158 valence electrons. The second kappa shape index (κ2) is 9.20. The van der Waals surface area contributed by atoms with E-state index in [0.29, 0.717) is 34.8 Å². The third-order valence-corrected chi connectivity index (χ3v) is 5.92. The molecule has 2 aromatic heterocycles. The number of methoxy groups -OCH3 is 1. The number of fused-ring (bicyclic) bond motifs is 1. The molecule has 4 rings (SSSR count). The average Bonchev–Trinajstić information content (AvgIpc) is 3.27. The molecular weight excluding hydrogens is 417 g/mol. The molecule has 0 spiro atoms. The van der Waals surface area contributed by atoms with Crippen LogP contribution in [0.15, 0.2) is 65.5 Å². The van der Waals surface area contributed by atoms with Gasteiger partial charge in [0.1, 0.15) is 11.6 Å². The average molecular weight is 437 g/mol. The van der Waals surface area contributed by atoms with E-state index in [9.17, 15) is 14.0 Å². The van der Waals surface area contributed by atoms with Crippen LogP contribution in [0.4, 0.5) is 4.39 Å². The third-order valence-electron chi connectivity index (χ3n) is 4.80. The molecule has 0 aliphatic rings. The van der Waals surface area contributed by atoms with Crippen molar-refractivity contribution < 1.29 is 13.9 Å². The number of aromatic amines is 1. The summed E-state index contributed by atoms with van der Waals surface area (Å²) in [4.78, 5) is 35.8. The Morgan fingerprint density at radius 1 is 1.13 bits per heavy atom. The minimum Gasteiger partial charge on any atom is -0.383 e. The molecule has 0 aliphatic carbocycles. The maximum absolute atomic E-state index is 13.2. The fraction of sp³-hybridized carbons (Fsp3) is 0.174. The molecule has 0 aliphatic heterocycles. The van der Waals surface area contributed by atoms with Crippen molar-refractivity contribution in [3.63, 3.8) is 0 Å². The largest absolute Gasteiger partial charge is 0.383 e. The van der Waals surface area contributed by atoms with Gasteiger partial charge >= 0.3 is 0 Å². The van der Waals surface area contributed by atoms with Gasteiger partial charge in [-0.15, -0.1) is 11.3 Å². The van der Waals surface area contributed by atoms with Gasteiger partial charge in [-0.3, -0.25) is 9.59 Å². The Hall–Kier alpha value is -3.36. The fourth-order valence-electron chi connectivity index (χ4n) is 3.22. The molecular formula is C23H20FN3O3S. The van der Waals surface area contributed by atoms with Crippen molar-refractivity contribution >= 4 is 28.1 Å². The van der Waals surface area contributed by atoms with E-state index in [4.69, 9.17) is 4.74 Å². The van der Waals surface area contributed by atoms with Crippen LogP contribution < -0.4 is 5.56 Å². The standard InChI is InChI=1S/C23H20FN3O3S/c1-30-13-12-27(14-21-25-18-5-3-2-4-17(18)22(28)26-21)23(29)20-11-10-19(31-20)15-6-8-16(24)9-7-15/h2-11H,12-14H2,1H3,(H,25,26,28). The van der Waals surface area contributed by atoms with Gasteiger partial charge in [0.2, 0.25) is 0 Å². The number of para-hydroxylation sites is 1. The first-order chi connectivity index (χ1) is 15.0. The van der Waals surface area contributed by atoms with Gasteiger partial charge in [0.05, 0.1) is 28.9 Å². The number of rotatable bonds is 7. The van der Waals surface area contributed by atoms with Gasteiger partial charge in [-0.2, -0.15) is 0 Å². The van der Waals surface area contributed by atoms with Gasteiger partial charge in [0.15, 0.2) is 0 Å². The van der Waals surface area contributed by atoms with Crippen molar-refractivity contribution in [1.82, 2.24) is 14.9 Å². The summed E-state index contributed by atoms with van der Waals surface area (Å²) >= 11 is 1.33. The minimum absolute atomic E-state index is 0.145.